The van der Waals surface area contributed by atoms with E-state index in [0.29, 0.717) is 45.6 Å². The minimum atomic E-state index is -2.18. The number of nitrogens with zero attached hydrogens (tertiary/aromatic N) is 7. The second-order valence-corrected chi connectivity index (χ2v) is 20.8. The minimum absolute atomic E-state index is 0.0126. The van der Waals surface area contributed by atoms with Crippen LogP contribution in [0.15, 0.2) is 42.6 Å². The van der Waals surface area contributed by atoms with Gasteiger partial charge in [-0.05, 0) is 122 Å². The fraction of sp³-hybridized carbons (Fsp3) is 0.596. The molecule has 374 valence electrons. The molecule has 3 N–H and O–H groups in total. The molecule has 5 atom stereocenters. The van der Waals surface area contributed by atoms with Crippen LogP contribution in [0.25, 0.3) is 27.7 Å². The largest absolute Gasteiger partial charge is 0.462 e. The van der Waals surface area contributed by atoms with Crippen LogP contribution in [0.1, 0.15) is 83.7 Å². The molecule has 2 fully saturated rings. The van der Waals surface area contributed by atoms with Crippen molar-refractivity contribution in [3.63, 3.8) is 0 Å². The van der Waals surface area contributed by atoms with Gasteiger partial charge in [0.2, 0.25) is 11.6 Å². The summed E-state index contributed by atoms with van der Waals surface area (Å²) in [5.74, 6) is 3.72. The number of esters is 1. The number of carbonyl (C=O) groups is 4. The molecule has 2 saturated heterocycles. The average molecular weight is 952 g/mol. The molecule has 69 heavy (non-hydrogen) atoms. The predicted octanol–water partition coefficient (Wildman–Crippen LogP) is 3.45. The summed E-state index contributed by atoms with van der Waals surface area (Å²) < 4.78 is 20.3. The second kappa shape index (κ2) is 21.0. The molecule has 7 rings (SSSR count). The van der Waals surface area contributed by atoms with Gasteiger partial charge in [-0.15, -0.1) is 0 Å². The number of carbonyl (C=O) groups excluding carboxylic acids is 4. The number of rotatable bonds is 11. The highest BCUT2D eigenvalue weighted by atomic mass is 16.6. The van der Waals surface area contributed by atoms with Crippen LogP contribution >= 0.6 is 0 Å². The molecule has 17 nitrogen and oxygen atoms in total. The van der Waals surface area contributed by atoms with Crippen LogP contribution in [-0.2, 0) is 46.4 Å². The van der Waals surface area contributed by atoms with Gasteiger partial charge in [-0.25, -0.2) is 4.79 Å². The number of hydrogen-bond acceptors (Lipinski definition) is 13. The van der Waals surface area contributed by atoms with Crippen molar-refractivity contribution in [3.8, 4) is 23.1 Å². The Bertz CT molecular complexity index is 2500. The SMILES string of the molecule is CCn1c(-c2cccnc2[C@H](C)OC)c2c3cc(ccc31)C1=CCCN(C1)C[C@H](NC(=O)[C@@H](COC1CN(C(=O)C#CC(C)(C)N(C)C)C1)N(C)C)C(=O)N1CCC[C@@](O)(N1)C(=O)OCC(C)(C)C2. The number of methoxy groups -OCH3 is 1. The molecule has 6 bridgehead atoms. The normalized spacial score (nSPS) is 23.4. The zero-order valence-electron chi connectivity index (χ0n) is 42.5. The van der Waals surface area contributed by atoms with E-state index in [9.17, 15) is 24.3 Å². The smallest absolute Gasteiger partial charge is 0.355 e. The predicted molar refractivity (Wildman–Crippen MR) is 264 cm³/mol. The molecule has 1 aromatic carbocycles. The van der Waals surface area contributed by atoms with Gasteiger partial charge >= 0.3 is 5.97 Å². The molecule has 6 heterocycles. The highest BCUT2D eigenvalue weighted by Gasteiger charge is 2.46. The fourth-order valence-corrected chi connectivity index (χ4v) is 9.41. The van der Waals surface area contributed by atoms with Gasteiger partial charge in [-0.2, -0.15) is 5.43 Å². The third kappa shape index (κ3) is 11.4. The van der Waals surface area contributed by atoms with Crippen molar-refractivity contribution in [2.75, 3.05) is 87.8 Å². The van der Waals surface area contributed by atoms with Crippen molar-refractivity contribution in [1.29, 1.82) is 0 Å². The van der Waals surface area contributed by atoms with Crippen molar-refractivity contribution in [3.05, 3.63) is 59.4 Å². The first-order valence-corrected chi connectivity index (χ1v) is 24.3. The summed E-state index contributed by atoms with van der Waals surface area (Å²) in [6.07, 6.45) is 5.08. The van der Waals surface area contributed by atoms with E-state index in [1.54, 1.807) is 37.2 Å². The van der Waals surface area contributed by atoms with Gasteiger partial charge in [0.15, 0.2) is 0 Å². The van der Waals surface area contributed by atoms with Crippen LogP contribution in [0.2, 0.25) is 0 Å². The van der Waals surface area contributed by atoms with Crippen LogP contribution in [0.4, 0.5) is 0 Å². The fourth-order valence-electron chi connectivity index (χ4n) is 9.41. The lowest BCUT2D eigenvalue weighted by Gasteiger charge is -2.41. The molecule has 0 aliphatic carbocycles. The van der Waals surface area contributed by atoms with Crippen LogP contribution in [0.3, 0.4) is 0 Å². The lowest BCUT2D eigenvalue weighted by molar-refractivity contribution is -0.189. The maximum Gasteiger partial charge on any atom is 0.355 e. The van der Waals surface area contributed by atoms with Crippen molar-refractivity contribution in [2.45, 2.75) is 109 Å². The summed E-state index contributed by atoms with van der Waals surface area (Å²) in [5.41, 5.74) is 6.70. The summed E-state index contributed by atoms with van der Waals surface area (Å²) in [5, 5.41) is 17.3. The number of hydrogen-bond donors (Lipinski definition) is 3. The van der Waals surface area contributed by atoms with Gasteiger partial charge in [0.25, 0.3) is 11.8 Å². The lowest BCUT2D eigenvalue weighted by atomic mass is 9.84. The Morgan fingerprint density at radius 3 is 2.57 bits per heavy atom. The molecule has 1 unspecified atom stereocenters. The standard InChI is InChI=1S/C52H73N9O8/c1-12-60-42-19-18-35-26-39(42)40(46(60)38-17-13-23-53-45(38)34(2)67-11)27-50(3,4)33-69-49(65)52(66)21-15-25-61(55-52)48(64)41(31-58-24-14-16-36(35)28-58)54-47(63)43(56(7)8)32-68-37-29-59(30-37)44(62)20-22-51(5,6)57(9)10/h13,16-19,23,26,34,37,41,43,55,66H,12,14-15,21,24-25,27-33H2,1-11H3,(H,54,63)/t34-,41-,43+,52-/m0/s1. The number of fused-ring (bicyclic) bond motifs is 6. The molecule has 0 radical (unpaired) electrons. The summed E-state index contributed by atoms with van der Waals surface area (Å²) in [7, 11) is 9.05. The minimum Gasteiger partial charge on any atom is -0.462 e. The Hall–Kier alpha value is -5.19. The summed E-state index contributed by atoms with van der Waals surface area (Å²) in [6, 6.07) is 8.78. The molecule has 0 spiro atoms. The van der Waals surface area contributed by atoms with Gasteiger partial charge in [0.05, 0.1) is 42.3 Å². The Morgan fingerprint density at radius 1 is 1.12 bits per heavy atom. The van der Waals surface area contributed by atoms with Gasteiger partial charge in [-0.1, -0.05) is 31.9 Å². The molecule has 3 aromatic rings. The first-order valence-electron chi connectivity index (χ1n) is 24.3. The Balaban J connectivity index is 1.18. The van der Waals surface area contributed by atoms with E-state index in [4.69, 9.17) is 19.2 Å². The van der Waals surface area contributed by atoms with E-state index >= 15 is 0 Å². The lowest BCUT2D eigenvalue weighted by Crippen LogP contribution is -2.68. The molecule has 4 aliphatic rings. The topological polar surface area (TPSA) is 174 Å². The third-order valence-corrected chi connectivity index (χ3v) is 14.2. The zero-order chi connectivity index (χ0) is 50.0. The zero-order valence-corrected chi connectivity index (χ0v) is 42.5. The van der Waals surface area contributed by atoms with Crippen LogP contribution in [0, 0.1) is 17.3 Å². The summed E-state index contributed by atoms with van der Waals surface area (Å²) in [6.45, 7) is 15.0. The number of likely N-dealkylation sites (tertiary alicyclic amines) is 1. The second-order valence-electron chi connectivity index (χ2n) is 20.8. The molecule has 2 aromatic heterocycles. The van der Waals surface area contributed by atoms with E-state index in [1.165, 1.54) is 5.01 Å². The number of ether oxygens (including phenoxy) is 3. The Kier molecular flexibility index (Phi) is 15.7. The van der Waals surface area contributed by atoms with E-state index in [0.717, 1.165) is 51.0 Å². The average Bonchev–Trinajstić information content (AvgIpc) is 3.60. The maximum atomic E-state index is 14.7. The molecular formula is C52H73N9O8. The van der Waals surface area contributed by atoms with E-state index in [-0.39, 0.29) is 50.8 Å². The van der Waals surface area contributed by atoms with Crippen molar-refractivity contribution >= 4 is 40.2 Å². The molecule has 0 saturated carbocycles. The van der Waals surface area contributed by atoms with Crippen molar-refractivity contribution in [2.24, 2.45) is 5.41 Å². The van der Waals surface area contributed by atoms with Crippen LogP contribution < -0.4 is 10.7 Å². The van der Waals surface area contributed by atoms with Crippen LogP contribution in [0.5, 0.6) is 0 Å². The molecule has 3 amide bonds. The van der Waals surface area contributed by atoms with Gasteiger partial charge in [0, 0.05) is 87.4 Å². The number of nitrogens with one attached hydrogen (secondary N) is 2. The number of aliphatic hydroxyl groups is 1. The maximum absolute atomic E-state index is 14.7. The number of amides is 3. The number of likely N-dealkylation sites (N-methyl/N-ethyl adjacent to an activating group) is 1. The van der Waals surface area contributed by atoms with Gasteiger partial charge in [-0.3, -0.25) is 39.1 Å². The van der Waals surface area contributed by atoms with Gasteiger partial charge < -0.3 is 34.1 Å². The Labute approximate surface area is 407 Å². The number of aryl methyl sites for hydroxylation is 1. The highest BCUT2D eigenvalue weighted by Crippen LogP contribution is 2.42. The number of cyclic esters (lactones) is 1. The first kappa shape index (κ1) is 51.7. The number of pyridine rings is 1. The third-order valence-electron chi connectivity index (χ3n) is 14.2. The highest BCUT2D eigenvalue weighted by molar-refractivity contribution is 5.96. The van der Waals surface area contributed by atoms with Crippen LogP contribution in [-0.4, -0.2) is 180 Å². The Morgan fingerprint density at radius 2 is 1.87 bits per heavy atom. The summed E-state index contributed by atoms with van der Waals surface area (Å²) in [4.78, 5) is 68.1. The van der Waals surface area contributed by atoms with E-state index < -0.39 is 46.5 Å². The number of benzene rings is 1. The van der Waals surface area contributed by atoms with Crippen molar-refractivity contribution in [1.82, 2.24) is 44.9 Å². The summed E-state index contributed by atoms with van der Waals surface area (Å²) >= 11 is 0. The molecule has 17 heteroatoms. The molecule has 4 aliphatic heterocycles. The van der Waals surface area contributed by atoms with Crippen molar-refractivity contribution < 1.29 is 38.5 Å². The number of hydrazine groups is 1. The van der Waals surface area contributed by atoms with E-state index in [1.807, 2.05) is 59.7 Å². The van der Waals surface area contributed by atoms with E-state index in [2.05, 4.69) is 69.3 Å². The first-order chi connectivity index (χ1) is 32.6. The van der Waals surface area contributed by atoms with Gasteiger partial charge in [0.1, 0.15) is 12.1 Å². The quantitative estimate of drug-likeness (QED) is 0.189. The monoisotopic (exact) mass is 952 g/mol. The molecular weight excluding hydrogens is 879 g/mol. The number of aromatic nitrogens is 2.